The summed E-state index contributed by atoms with van der Waals surface area (Å²) in [4.78, 5) is 14.5. The first kappa shape index (κ1) is 24.7. The van der Waals surface area contributed by atoms with Crippen LogP contribution in [-0.4, -0.2) is 28.0 Å². The summed E-state index contributed by atoms with van der Waals surface area (Å²) in [5, 5.41) is 0. The predicted molar refractivity (Wildman–Crippen MR) is 125 cm³/mol. The van der Waals surface area contributed by atoms with E-state index < -0.39 is 7.59 Å². The maximum Gasteiger partial charge on any atom is 0.250 e. The largest absolute Gasteiger partial charge is 0.372 e. The minimum atomic E-state index is -1.90. The van der Waals surface area contributed by atoms with E-state index in [1.807, 2.05) is 12.1 Å². The van der Waals surface area contributed by atoms with Crippen molar-refractivity contribution in [2.45, 2.75) is 28.0 Å². The maximum absolute atomic E-state index is 5.94. The van der Waals surface area contributed by atoms with Crippen molar-refractivity contribution in [1.82, 2.24) is 15.0 Å². The SMILES string of the molecule is CCN(CC)c1ccc(C=Cc2nc(C(Cl)(Cl)Cl)nc(C(Cl)(Cl)Cl)n2)c(CN)c1. The van der Waals surface area contributed by atoms with Crippen molar-refractivity contribution < 1.29 is 0 Å². The standard InChI is InChI=1S/C18H19Cl6N5/c1-3-29(4-2)13-7-5-11(12(9-13)10-25)6-8-14-26-15(17(19,20)21)28-16(27-14)18(22,23)24/h5-9H,3-4,10,25H2,1-2H3. The van der Waals surface area contributed by atoms with Crippen LogP contribution in [0.1, 0.15) is 42.4 Å². The van der Waals surface area contributed by atoms with Crippen molar-refractivity contribution in [3.8, 4) is 0 Å². The molecule has 0 unspecified atom stereocenters. The second-order valence-corrected chi connectivity index (χ2v) is 10.5. The van der Waals surface area contributed by atoms with Crippen molar-refractivity contribution >= 4 is 87.4 Å². The molecule has 0 aliphatic rings. The fourth-order valence-corrected chi connectivity index (χ4v) is 3.11. The molecule has 0 fully saturated rings. The molecule has 2 rings (SSSR count). The van der Waals surface area contributed by atoms with Gasteiger partial charge < -0.3 is 10.6 Å². The van der Waals surface area contributed by atoms with Crippen LogP contribution in [0.25, 0.3) is 12.2 Å². The number of aromatic nitrogens is 3. The molecule has 29 heavy (non-hydrogen) atoms. The molecule has 1 heterocycles. The number of nitrogens with zero attached hydrogens (tertiary/aromatic N) is 4. The van der Waals surface area contributed by atoms with Gasteiger partial charge in [-0.1, -0.05) is 81.7 Å². The summed E-state index contributed by atoms with van der Waals surface area (Å²) >= 11 is 35.4. The predicted octanol–water partition coefficient (Wildman–Crippen LogP) is 6.00. The first-order valence-corrected chi connectivity index (χ1v) is 10.9. The van der Waals surface area contributed by atoms with Crippen LogP contribution in [0.5, 0.6) is 0 Å². The Kier molecular flexibility index (Phi) is 8.69. The van der Waals surface area contributed by atoms with Gasteiger partial charge in [0.25, 0.3) is 0 Å². The summed E-state index contributed by atoms with van der Waals surface area (Å²) in [5.41, 5.74) is 8.90. The lowest BCUT2D eigenvalue weighted by Gasteiger charge is -2.22. The minimum Gasteiger partial charge on any atom is -0.372 e. The molecule has 0 radical (unpaired) electrons. The number of benzene rings is 1. The summed E-state index contributed by atoms with van der Waals surface area (Å²) in [6, 6.07) is 6.05. The van der Waals surface area contributed by atoms with E-state index in [0.29, 0.717) is 6.54 Å². The Morgan fingerprint density at radius 1 is 0.897 bits per heavy atom. The molecule has 0 amide bonds. The second-order valence-electron chi connectivity index (χ2n) is 5.93. The number of nitrogens with two attached hydrogens (primary N) is 1. The third-order valence-electron chi connectivity index (χ3n) is 4.05. The molecule has 0 aliphatic carbocycles. The number of hydrogen-bond donors (Lipinski definition) is 1. The first-order valence-electron chi connectivity index (χ1n) is 8.66. The van der Waals surface area contributed by atoms with Gasteiger partial charge in [0, 0.05) is 25.3 Å². The summed E-state index contributed by atoms with van der Waals surface area (Å²) in [6.45, 7) is 6.38. The van der Waals surface area contributed by atoms with E-state index in [1.54, 1.807) is 12.2 Å². The monoisotopic (exact) mass is 515 g/mol. The molecule has 0 spiro atoms. The number of rotatable bonds is 6. The molecule has 0 bridgehead atoms. The van der Waals surface area contributed by atoms with Crippen LogP contribution < -0.4 is 10.6 Å². The lowest BCUT2D eigenvalue weighted by molar-refractivity contribution is 0.835. The van der Waals surface area contributed by atoms with Crippen molar-refractivity contribution in [2.75, 3.05) is 18.0 Å². The quantitative estimate of drug-likeness (QED) is 0.476. The van der Waals surface area contributed by atoms with Gasteiger partial charge in [0.2, 0.25) is 7.59 Å². The Balaban J connectivity index is 2.45. The van der Waals surface area contributed by atoms with Crippen molar-refractivity contribution in [3.63, 3.8) is 0 Å². The topological polar surface area (TPSA) is 67.9 Å². The fraction of sp³-hybridized carbons (Fsp3) is 0.389. The van der Waals surface area contributed by atoms with E-state index >= 15 is 0 Å². The Hall–Kier alpha value is -0.530. The lowest BCUT2D eigenvalue weighted by atomic mass is 10.1. The van der Waals surface area contributed by atoms with Gasteiger partial charge in [-0.05, 0) is 43.2 Å². The summed E-state index contributed by atoms with van der Waals surface area (Å²) < 4.78 is -3.80. The molecular formula is C18H19Cl6N5. The van der Waals surface area contributed by atoms with Gasteiger partial charge in [-0.3, -0.25) is 0 Å². The molecule has 0 aliphatic heterocycles. The van der Waals surface area contributed by atoms with E-state index in [4.69, 9.17) is 75.3 Å². The Bertz CT molecular complexity index is 840. The van der Waals surface area contributed by atoms with Crippen LogP contribution in [0.15, 0.2) is 18.2 Å². The van der Waals surface area contributed by atoms with Gasteiger partial charge in [0.15, 0.2) is 17.5 Å². The third-order valence-corrected chi connectivity index (χ3v) is 5.06. The van der Waals surface area contributed by atoms with Gasteiger partial charge in [0.1, 0.15) is 0 Å². The summed E-state index contributed by atoms with van der Waals surface area (Å²) in [7, 11) is 0. The van der Waals surface area contributed by atoms with E-state index in [-0.39, 0.29) is 17.5 Å². The zero-order valence-corrected chi connectivity index (χ0v) is 20.2. The second kappa shape index (κ2) is 10.2. The van der Waals surface area contributed by atoms with Crippen LogP contribution in [0, 0.1) is 0 Å². The van der Waals surface area contributed by atoms with Crippen LogP contribution in [0.2, 0.25) is 0 Å². The van der Waals surface area contributed by atoms with Gasteiger partial charge >= 0.3 is 0 Å². The van der Waals surface area contributed by atoms with Crippen molar-refractivity contribution in [1.29, 1.82) is 0 Å². The van der Waals surface area contributed by atoms with Gasteiger partial charge in [-0.15, -0.1) is 0 Å². The van der Waals surface area contributed by atoms with Gasteiger partial charge in [-0.2, -0.15) is 0 Å². The number of hydrogen-bond acceptors (Lipinski definition) is 5. The molecule has 0 atom stereocenters. The van der Waals surface area contributed by atoms with Crippen LogP contribution in [-0.2, 0) is 14.1 Å². The zero-order chi connectivity index (χ0) is 21.8. The summed E-state index contributed by atoms with van der Waals surface area (Å²) in [6.07, 6.45) is 3.42. The number of anilines is 1. The average Bonchev–Trinajstić information content (AvgIpc) is 2.66. The van der Waals surface area contributed by atoms with Crippen molar-refractivity contribution in [2.24, 2.45) is 5.73 Å². The molecule has 2 N–H and O–H groups in total. The molecule has 5 nitrogen and oxygen atoms in total. The van der Waals surface area contributed by atoms with Crippen LogP contribution in [0.4, 0.5) is 5.69 Å². The fourth-order valence-electron chi connectivity index (χ4n) is 2.60. The smallest absolute Gasteiger partial charge is 0.250 e. The highest BCUT2D eigenvalue weighted by Gasteiger charge is 2.33. The normalized spacial score (nSPS) is 12.6. The van der Waals surface area contributed by atoms with Gasteiger partial charge in [0.05, 0.1) is 0 Å². The first-order chi connectivity index (χ1) is 13.5. The van der Waals surface area contributed by atoms with E-state index in [2.05, 4.69) is 39.8 Å². The summed E-state index contributed by atoms with van der Waals surface area (Å²) in [5.74, 6) is -0.109. The molecule has 158 valence electrons. The van der Waals surface area contributed by atoms with Crippen molar-refractivity contribution in [3.05, 3.63) is 46.8 Å². The van der Waals surface area contributed by atoms with Crippen LogP contribution in [0.3, 0.4) is 0 Å². The highest BCUT2D eigenvalue weighted by Crippen LogP contribution is 2.40. The molecule has 11 heteroatoms. The van der Waals surface area contributed by atoms with E-state index in [0.717, 1.165) is 29.9 Å². The average molecular weight is 518 g/mol. The molecule has 1 aromatic heterocycles. The maximum atomic E-state index is 5.94. The van der Waals surface area contributed by atoms with Gasteiger partial charge in [-0.25, -0.2) is 15.0 Å². The number of halogens is 6. The molecule has 0 saturated carbocycles. The lowest BCUT2D eigenvalue weighted by Crippen LogP contribution is -2.22. The van der Waals surface area contributed by atoms with Crippen LogP contribution >= 0.6 is 69.6 Å². The molecular weight excluding hydrogens is 499 g/mol. The van der Waals surface area contributed by atoms with E-state index in [1.165, 1.54) is 0 Å². The highest BCUT2D eigenvalue weighted by molar-refractivity contribution is 6.67. The Labute approximate surface area is 200 Å². The van der Waals surface area contributed by atoms with E-state index in [9.17, 15) is 0 Å². The Morgan fingerprint density at radius 3 is 1.90 bits per heavy atom. The zero-order valence-electron chi connectivity index (χ0n) is 15.6. The Morgan fingerprint density at radius 2 is 1.45 bits per heavy atom. The molecule has 0 saturated heterocycles. The highest BCUT2D eigenvalue weighted by atomic mass is 35.6. The molecule has 1 aromatic carbocycles. The number of alkyl halides is 6. The molecule has 2 aromatic rings. The minimum absolute atomic E-state index is 0.144. The third kappa shape index (κ3) is 6.73.